The molecule has 1 rings (SSSR count). The Hall–Kier alpha value is -2.77. The van der Waals surface area contributed by atoms with Gasteiger partial charge in [-0.15, -0.1) is 0 Å². The zero-order valence-corrected chi connectivity index (χ0v) is 22.2. The quantitative estimate of drug-likeness (QED) is 0.427. The predicted molar refractivity (Wildman–Crippen MR) is 134 cm³/mol. The molecule has 8 nitrogen and oxygen atoms in total. The Kier molecular flexibility index (Phi) is 10.4. The van der Waals surface area contributed by atoms with Crippen LogP contribution in [-0.4, -0.2) is 51.6 Å². The molecule has 0 spiro atoms. The van der Waals surface area contributed by atoms with Crippen molar-refractivity contribution < 1.29 is 24.2 Å². The molecule has 2 atom stereocenters. The van der Waals surface area contributed by atoms with Crippen molar-refractivity contribution in [3.63, 3.8) is 0 Å². The van der Waals surface area contributed by atoms with Crippen molar-refractivity contribution in [3.05, 3.63) is 29.3 Å². The highest BCUT2D eigenvalue weighted by Crippen LogP contribution is 2.33. The van der Waals surface area contributed by atoms with Crippen molar-refractivity contribution in [2.24, 2.45) is 0 Å². The Morgan fingerprint density at radius 1 is 1.12 bits per heavy atom. The highest BCUT2D eigenvalue weighted by Gasteiger charge is 2.42. The summed E-state index contributed by atoms with van der Waals surface area (Å²) in [5, 5.41) is 15.6. The number of nitrogens with zero attached hydrogens (tertiary/aromatic N) is 1. The summed E-state index contributed by atoms with van der Waals surface area (Å²) in [6, 6.07) is 3.04. The van der Waals surface area contributed by atoms with E-state index in [4.69, 9.17) is 4.74 Å². The predicted octanol–water partition coefficient (Wildman–Crippen LogP) is 4.59. The van der Waals surface area contributed by atoms with Crippen molar-refractivity contribution in [1.82, 2.24) is 15.5 Å². The molecular weight excluding hydrogens is 434 g/mol. The molecule has 3 amide bonds. The van der Waals surface area contributed by atoms with Crippen LogP contribution in [-0.2, 0) is 14.3 Å². The molecule has 0 saturated carbocycles. The van der Waals surface area contributed by atoms with Crippen LogP contribution in [0.15, 0.2) is 18.2 Å². The summed E-state index contributed by atoms with van der Waals surface area (Å²) in [6.07, 6.45) is 1.61. The number of benzene rings is 1. The molecular formula is C26H43N3O5. The highest BCUT2D eigenvalue weighted by molar-refractivity contribution is 5.92. The van der Waals surface area contributed by atoms with Crippen LogP contribution in [0.5, 0.6) is 5.75 Å². The number of aryl methyl sites for hydroxylation is 1. The van der Waals surface area contributed by atoms with Crippen LogP contribution in [0.4, 0.5) is 4.79 Å². The molecule has 0 bridgehead atoms. The summed E-state index contributed by atoms with van der Waals surface area (Å²) in [6.45, 7) is 16.8. The first-order chi connectivity index (χ1) is 15.6. The Labute approximate surface area is 204 Å². The smallest absolute Gasteiger partial charge is 0.408 e. The van der Waals surface area contributed by atoms with Gasteiger partial charge in [0.2, 0.25) is 11.8 Å². The van der Waals surface area contributed by atoms with Gasteiger partial charge in [0.05, 0.1) is 0 Å². The van der Waals surface area contributed by atoms with Crippen molar-refractivity contribution >= 4 is 17.9 Å². The minimum Gasteiger partial charge on any atom is -0.508 e. The second-order valence-electron chi connectivity index (χ2n) is 10.3. The number of unbranched alkanes of at least 4 members (excludes halogenated alkanes) is 1. The maximum Gasteiger partial charge on any atom is 0.408 e. The third-order valence-corrected chi connectivity index (χ3v) is 5.73. The second kappa shape index (κ2) is 12.1. The number of nitrogens with one attached hydrogen (secondary N) is 2. The van der Waals surface area contributed by atoms with Crippen LogP contribution < -0.4 is 10.6 Å². The van der Waals surface area contributed by atoms with Gasteiger partial charge in [-0.05, 0) is 84.6 Å². The molecule has 1 aromatic rings. The average molecular weight is 478 g/mol. The number of hydrogen-bond acceptors (Lipinski definition) is 5. The lowest BCUT2D eigenvalue weighted by Gasteiger charge is -2.44. The maximum atomic E-state index is 13.8. The van der Waals surface area contributed by atoms with Crippen molar-refractivity contribution in [2.45, 2.75) is 105 Å². The fourth-order valence-corrected chi connectivity index (χ4v) is 3.45. The van der Waals surface area contributed by atoms with E-state index in [2.05, 4.69) is 10.6 Å². The maximum absolute atomic E-state index is 13.8. The number of alkyl carbamates (subject to hydrolysis) is 1. The van der Waals surface area contributed by atoms with E-state index in [0.29, 0.717) is 24.1 Å². The summed E-state index contributed by atoms with van der Waals surface area (Å²) in [5.74, 6) is -0.599. The van der Waals surface area contributed by atoms with Crippen molar-refractivity contribution in [3.8, 4) is 5.75 Å². The lowest BCUT2D eigenvalue weighted by atomic mass is 9.91. The topological polar surface area (TPSA) is 108 Å². The van der Waals surface area contributed by atoms with Gasteiger partial charge in [-0.25, -0.2) is 4.79 Å². The van der Waals surface area contributed by atoms with Crippen LogP contribution in [0.2, 0.25) is 0 Å². The summed E-state index contributed by atoms with van der Waals surface area (Å²) >= 11 is 0. The van der Waals surface area contributed by atoms with Crippen molar-refractivity contribution in [2.75, 3.05) is 6.54 Å². The Morgan fingerprint density at radius 3 is 2.24 bits per heavy atom. The molecule has 0 heterocycles. The number of phenols is 1. The lowest BCUT2D eigenvalue weighted by Crippen LogP contribution is -2.58. The van der Waals surface area contributed by atoms with E-state index >= 15 is 0 Å². The first kappa shape index (κ1) is 29.3. The zero-order chi connectivity index (χ0) is 26.3. The summed E-state index contributed by atoms with van der Waals surface area (Å²) in [7, 11) is 0. The monoisotopic (exact) mass is 477 g/mol. The summed E-state index contributed by atoms with van der Waals surface area (Å²) < 4.78 is 5.31. The van der Waals surface area contributed by atoms with Crippen LogP contribution in [0, 0.1) is 6.92 Å². The van der Waals surface area contributed by atoms with Crippen molar-refractivity contribution in [1.29, 1.82) is 0 Å². The number of phenolic OH excluding ortho intramolecular Hbond substituents is 1. The summed E-state index contributed by atoms with van der Waals surface area (Å²) in [4.78, 5) is 41.1. The minimum absolute atomic E-state index is 0.112. The second-order valence-corrected chi connectivity index (χ2v) is 10.3. The van der Waals surface area contributed by atoms with Gasteiger partial charge in [0.25, 0.3) is 0 Å². The molecule has 0 aromatic heterocycles. The van der Waals surface area contributed by atoms with Gasteiger partial charge in [-0.1, -0.05) is 26.3 Å². The molecule has 192 valence electrons. The Bertz CT molecular complexity index is 860. The number of carbonyl (C=O) groups is 3. The molecule has 0 aliphatic heterocycles. The fraction of sp³-hybridized carbons (Fsp3) is 0.654. The van der Waals surface area contributed by atoms with Gasteiger partial charge in [-0.2, -0.15) is 0 Å². The molecule has 2 unspecified atom stereocenters. The van der Waals surface area contributed by atoms with E-state index in [1.165, 1.54) is 6.07 Å². The van der Waals surface area contributed by atoms with E-state index < -0.39 is 35.2 Å². The minimum atomic E-state index is -0.943. The normalized spacial score (nSPS) is 13.6. The van der Waals surface area contributed by atoms with Gasteiger partial charge >= 0.3 is 6.09 Å². The molecule has 8 heteroatoms. The van der Waals surface area contributed by atoms with E-state index in [1.807, 2.05) is 27.7 Å². The molecule has 0 aliphatic carbocycles. The lowest BCUT2D eigenvalue weighted by molar-refractivity contribution is -0.149. The van der Waals surface area contributed by atoms with Crippen LogP contribution >= 0.6 is 0 Å². The van der Waals surface area contributed by atoms with Gasteiger partial charge in [0, 0.05) is 12.1 Å². The van der Waals surface area contributed by atoms with E-state index in [0.717, 1.165) is 12.8 Å². The molecule has 34 heavy (non-hydrogen) atoms. The number of amides is 3. The van der Waals surface area contributed by atoms with E-state index in [1.54, 1.807) is 51.7 Å². The first-order valence-electron chi connectivity index (χ1n) is 12.0. The summed E-state index contributed by atoms with van der Waals surface area (Å²) in [5.41, 5.74) is -0.228. The third-order valence-electron chi connectivity index (χ3n) is 5.73. The molecule has 0 fully saturated rings. The van der Waals surface area contributed by atoms with Gasteiger partial charge in [0.15, 0.2) is 0 Å². The molecule has 0 radical (unpaired) electrons. The average Bonchev–Trinajstić information content (AvgIpc) is 2.72. The van der Waals surface area contributed by atoms with Crippen LogP contribution in [0.1, 0.15) is 91.8 Å². The number of hydrogen-bond donors (Lipinski definition) is 3. The molecule has 0 aliphatic rings. The Balaban J connectivity index is 3.46. The Morgan fingerprint density at radius 2 is 1.74 bits per heavy atom. The zero-order valence-electron chi connectivity index (χ0n) is 22.2. The molecule has 3 N–H and O–H groups in total. The standard InChI is InChI=1S/C26H43N3O5/c1-10-12-15-27-22(31)21(19-13-14-20(30)17(3)16-19)29(26(8,9)11-2)23(32)18(4)28-24(33)34-25(5,6)7/h13-14,16,18,21,30H,10-12,15H2,1-9H3,(H,27,31)(H,28,33). The first-order valence-corrected chi connectivity index (χ1v) is 12.0. The van der Waals surface area contributed by atoms with Gasteiger partial charge in [0.1, 0.15) is 23.4 Å². The fourth-order valence-electron chi connectivity index (χ4n) is 3.45. The number of carbonyl (C=O) groups excluding carboxylic acids is 3. The van der Waals surface area contributed by atoms with E-state index in [9.17, 15) is 19.5 Å². The molecule has 0 saturated heterocycles. The number of rotatable bonds is 10. The van der Waals surface area contributed by atoms with Crippen LogP contribution in [0.3, 0.4) is 0 Å². The third kappa shape index (κ3) is 8.22. The highest BCUT2D eigenvalue weighted by atomic mass is 16.6. The SMILES string of the molecule is CCCCNC(=O)C(c1ccc(O)c(C)c1)N(C(=O)C(C)NC(=O)OC(C)(C)C)C(C)(C)CC. The van der Waals surface area contributed by atoms with Gasteiger partial charge < -0.3 is 25.4 Å². The number of aromatic hydroxyl groups is 1. The molecule has 1 aromatic carbocycles. The van der Waals surface area contributed by atoms with Gasteiger partial charge in [-0.3, -0.25) is 9.59 Å². The van der Waals surface area contributed by atoms with Crippen LogP contribution in [0.25, 0.3) is 0 Å². The largest absolute Gasteiger partial charge is 0.508 e. The number of ether oxygens (including phenoxy) is 1. The van der Waals surface area contributed by atoms with E-state index in [-0.39, 0.29) is 11.7 Å².